The van der Waals surface area contributed by atoms with Gasteiger partial charge in [-0.05, 0) is 36.2 Å². The molecule has 2 N–H and O–H groups in total. The molecular formula is C20H18F3N5O4. The number of nitrogens with zero attached hydrogens (tertiary/aromatic N) is 3. The maximum absolute atomic E-state index is 13.5. The van der Waals surface area contributed by atoms with E-state index in [9.17, 15) is 32.3 Å². The number of amides is 4. The number of alkyl halides is 3. The van der Waals surface area contributed by atoms with Gasteiger partial charge < -0.3 is 10.2 Å². The number of benzene rings is 1. The van der Waals surface area contributed by atoms with Crippen molar-refractivity contribution in [2.45, 2.75) is 37.6 Å². The zero-order valence-corrected chi connectivity index (χ0v) is 16.8. The van der Waals surface area contributed by atoms with Crippen LogP contribution >= 0.6 is 0 Å². The molecule has 0 spiro atoms. The van der Waals surface area contributed by atoms with Crippen molar-refractivity contribution in [2.24, 2.45) is 7.05 Å². The van der Waals surface area contributed by atoms with E-state index in [1.165, 1.54) is 41.0 Å². The lowest BCUT2D eigenvalue weighted by Crippen LogP contribution is -2.52. The number of carbonyl (C=O) groups is 4. The van der Waals surface area contributed by atoms with Crippen molar-refractivity contribution in [3.05, 3.63) is 52.8 Å². The van der Waals surface area contributed by atoms with Gasteiger partial charge >= 0.3 is 6.18 Å². The Labute approximate surface area is 179 Å². The monoisotopic (exact) mass is 449 g/mol. The lowest BCUT2D eigenvalue weighted by molar-refractivity contribution is -0.156. The number of hydrogen-bond donors (Lipinski definition) is 2. The number of piperidine rings is 1. The molecule has 4 amide bonds. The second-order valence-electron chi connectivity index (χ2n) is 7.63. The van der Waals surface area contributed by atoms with Crippen LogP contribution in [0.2, 0.25) is 0 Å². The van der Waals surface area contributed by atoms with Crippen LogP contribution in [0.25, 0.3) is 0 Å². The summed E-state index contributed by atoms with van der Waals surface area (Å²) in [7, 11) is 1.46. The minimum absolute atomic E-state index is 0.00447. The first-order valence-electron chi connectivity index (χ1n) is 9.69. The van der Waals surface area contributed by atoms with Crippen molar-refractivity contribution in [2.75, 3.05) is 0 Å². The van der Waals surface area contributed by atoms with Gasteiger partial charge in [0.25, 0.3) is 11.8 Å². The molecule has 2 unspecified atom stereocenters. The normalized spacial score (nSPS) is 19.6. The number of nitrogens with one attached hydrogen (secondary N) is 2. The molecule has 0 bridgehead atoms. The average molecular weight is 449 g/mol. The van der Waals surface area contributed by atoms with Crippen molar-refractivity contribution < 1.29 is 32.3 Å². The molecule has 0 aliphatic carbocycles. The van der Waals surface area contributed by atoms with Crippen LogP contribution in [0.5, 0.6) is 0 Å². The van der Waals surface area contributed by atoms with Crippen molar-refractivity contribution in [1.29, 1.82) is 0 Å². The zero-order chi connectivity index (χ0) is 23.2. The molecular weight excluding hydrogens is 431 g/mol. The fourth-order valence-electron chi connectivity index (χ4n) is 3.84. The molecule has 168 valence electrons. The summed E-state index contributed by atoms with van der Waals surface area (Å²) in [5.74, 6) is -2.42. The zero-order valence-electron chi connectivity index (χ0n) is 16.8. The van der Waals surface area contributed by atoms with Gasteiger partial charge in [-0.25, -0.2) is 0 Å². The fourth-order valence-corrected chi connectivity index (χ4v) is 3.84. The summed E-state index contributed by atoms with van der Waals surface area (Å²) in [6, 6.07) is 1.97. The Morgan fingerprint density at radius 1 is 1.25 bits per heavy atom. The van der Waals surface area contributed by atoms with Crippen molar-refractivity contribution in [3.63, 3.8) is 0 Å². The van der Waals surface area contributed by atoms with Crippen LogP contribution in [0.3, 0.4) is 0 Å². The van der Waals surface area contributed by atoms with Crippen molar-refractivity contribution >= 4 is 23.6 Å². The molecule has 1 saturated heterocycles. The van der Waals surface area contributed by atoms with Crippen molar-refractivity contribution in [1.82, 2.24) is 25.3 Å². The number of hydrogen-bond acceptors (Lipinski definition) is 5. The van der Waals surface area contributed by atoms with Crippen LogP contribution in [0.4, 0.5) is 13.2 Å². The standard InChI is InChI=1S/C20H18F3N5O4/c1-27-7-6-13(26-27)16(20(21,22)23)25-17(30)10-2-3-12-11(8-10)9-28(19(12)32)14-4-5-15(29)24-18(14)31/h2-3,6-8,14,16H,4-5,9H2,1H3,(H,25,30)(H,24,29,31). The highest BCUT2D eigenvalue weighted by Gasteiger charge is 2.44. The molecule has 32 heavy (non-hydrogen) atoms. The molecule has 0 saturated carbocycles. The van der Waals surface area contributed by atoms with E-state index in [1.54, 1.807) is 0 Å². The molecule has 0 radical (unpaired) electrons. The van der Waals surface area contributed by atoms with Gasteiger partial charge in [0, 0.05) is 37.3 Å². The molecule has 1 fully saturated rings. The van der Waals surface area contributed by atoms with Crippen LogP contribution in [0.15, 0.2) is 30.5 Å². The lowest BCUT2D eigenvalue weighted by atomic mass is 10.0. The predicted molar refractivity (Wildman–Crippen MR) is 102 cm³/mol. The van der Waals surface area contributed by atoms with Gasteiger partial charge in [-0.15, -0.1) is 0 Å². The van der Waals surface area contributed by atoms with E-state index in [4.69, 9.17) is 0 Å². The smallest absolute Gasteiger partial charge is 0.335 e. The summed E-state index contributed by atoms with van der Waals surface area (Å²) in [5, 5.41) is 7.87. The van der Waals surface area contributed by atoms with Crippen LogP contribution in [0, 0.1) is 0 Å². The molecule has 2 aromatic rings. The second-order valence-corrected chi connectivity index (χ2v) is 7.63. The van der Waals surface area contributed by atoms with Gasteiger partial charge in [-0.3, -0.25) is 29.2 Å². The Hall–Kier alpha value is -3.70. The summed E-state index contributed by atoms with van der Waals surface area (Å²) in [5.41, 5.74) is 0.248. The first-order chi connectivity index (χ1) is 15.0. The summed E-state index contributed by atoms with van der Waals surface area (Å²) in [4.78, 5) is 50.0. The minimum atomic E-state index is -4.76. The van der Waals surface area contributed by atoms with E-state index in [1.807, 2.05) is 5.32 Å². The molecule has 2 atom stereocenters. The summed E-state index contributed by atoms with van der Waals surface area (Å²) >= 11 is 0. The molecule has 1 aromatic heterocycles. The van der Waals surface area contributed by atoms with E-state index < -0.39 is 41.9 Å². The third-order valence-electron chi connectivity index (χ3n) is 5.42. The van der Waals surface area contributed by atoms with E-state index in [0.29, 0.717) is 5.56 Å². The van der Waals surface area contributed by atoms with Gasteiger partial charge in [0.2, 0.25) is 11.8 Å². The number of imide groups is 1. The van der Waals surface area contributed by atoms with Crippen LogP contribution in [0.1, 0.15) is 50.9 Å². The van der Waals surface area contributed by atoms with E-state index in [0.717, 1.165) is 6.07 Å². The molecule has 3 heterocycles. The average Bonchev–Trinajstić information content (AvgIpc) is 3.28. The Morgan fingerprint density at radius 2 is 2.00 bits per heavy atom. The largest absolute Gasteiger partial charge is 0.414 e. The minimum Gasteiger partial charge on any atom is -0.335 e. The van der Waals surface area contributed by atoms with Gasteiger partial charge in [0.15, 0.2) is 6.04 Å². The number of rotatable bonds is 4. The van der Waals surface area contributed by atoms with E-state index in [-0.39, 0.29) is 36.2 Å². The first kappa shape index (κ1) is 21.5. The van der Waals surface area contributed by atoms with E-state index in [2.05, 4.69) is 10.4 Å². The molecule has 9 nitrogen and oxygen atoms in total. The summed E-state index contributed by atoms with van der Waals surface area (Å²) in [6.07, 6.45) is -3.16. The third-order valence-corrected chi connectivity index (χ3v) is 5.42. The number of fused-ring (bicyclic) bond motifs is 1. The second kappa shape index (κ2) is 7.77. The molecule has 2 aliphatic rings. The molecule has 1 aromatic carbocycles. The van der Waals surface area contributed by atoms with Gasteiger partial charge in [0.1, 0.15) is 6.04 Å². The predicted octanol–water partition coefficient (Wildman–Crippen LogP) is 1.21. The molecule has 2 aliphatic heterocycles. The topological polar surface area (TPSA) is 113 Å². The highest BCUT2D eigenvalue weighted by Crippen LogP contribution is 2.33. The maximum Gasteiger partial charge on any atom is 0.414 e. The number of carbonyl (C=O) groups excluding carboxylic acids is 4. The van der Waals surface area contributed by atoms with Crippen LogP contribution in [-0.4, -0.2) is 50.5 Å². The number of aryl methyl sites for hydroxylation is 1. The van der Waals surface area contributed by atoms with Gasteiger partial charge in [-0.2, -0.15) is 18.3 Å². The number of halogens is 3. The Balaban J connectivity index is 1.54. The fraction of sp³-hybridized carbons (Fsp3) is 0.350. The Bertz CT molecular complexity index is 1130. The number of aromatic nitrogens is 2. The Kier molecular flexibility index (Phi) is 5.23. The molecule has 4 rings (SSSR count). The maximum atomic E-state index is 13.5. The third kappa shape index (κ3) is 3.95. The first-order valence-corrected chi connectivity index (χ1v) is 9.69. The summed E-state index contributed by atoms with van der Waals surface area (Å²) in [6.45, 7) is 0.00447. The quantitative estimate of drug-likeness (QED) is 0.682. The van der Waals surface area contributed by atoms with E-state index >= 15 is 0 Å². The van der Waals surface area contributed by atoms with Gasteiger partial charge in [0.05, 0.1) is 5.69 Å². The lowest BCUT2D eigenvalue weighted by Gasteiger charge is -2.29. The van der Waals surface area contributed by atoms with Crippen LogP contribution in [-0.2, 0) is 23.2 Å². The van der Waals surface area contributed by atoms with Gasteiger partial charge in [-0.1, -0.05) is 0 Å². The van der Waals surface area contributed by atoms with Crippen LogP contribution < -0.4 is 10.6 Å². The van der Waals surface area contributed by atoms with Crippen molar-refractivity contribution in [3.8, 4) is 0 Å². The highest BCUT2D eigenvalue weighted by molar-refractivity contribution is 6.06. The molecule has 12 heteroatoms. The Morgan fingerprint density at radius 3 is 2.62 bits per heavy atom. The summed E-state index contributed by atoms with van der Waals surface area (Å²) < 4.78 is 41.7. The SMILES string of the molecule is Cn1ccc(C(NC(=O)c2ccc3c(c2)CN(C2CCC(=O)NC2=O)C3=O)C(F)(F)F)n1. The highest BCUT2D eigenvalue weighted by atomic mass is 19.4.